The van der Waals surface area contributed by atoms with Crippen LogP contribution in [0.3, 0.4) is 0 Å². The van der Waals surface area contributed by atoms with E-state index in [0.29, 0.717) is 48.9 Å². The molecule has 0 fully saturated rings. The molecule has 4 aromatic rings. The molecule has 0 spiro atoms. The lowest BCUT2D eigenvalue weighted by atomic mass is 10.1. The number of amides is 1. The number of hydrogen-bond donors (Lipinski definition) is 2. The molecule has 0 aliphatic carbocycles. The van der Waals surface area contributed by atoms with Gasteiger partial charge in [0.05, 0.1) is 39.0 Å². The molecular weight excluding hydrogens is 640 g/mol. The van der Waals surface area contributed by atoms with Crippen LogP contribution < -0.4 is 10.6 Å². The lowest BCUT2D eigenvalue weighted by molar-refractivity contribution is 0.0528. The molecule has 228 valence electrons. The Labute approximate surface area is 257 Å². The minimum absolute atomic E-state index is 0.203. The van der Waals surface area contributed by atoms with E-state index in [9.17, 15) is 9.00 Å². The molecule has 12 nitrogen and oxygen atoms in total. The van der Waals surface area contributed by atoms with Crippen LogP contribution in [0.4, 0.5) is 10.7 Å². The number of nitrogens with zero attached hydrogens (tertiary/aromatic N) is 6. The molecule has 1 aromatic carbocycles. The predicted molar refractivity (Wildman–Crippen MR) is 170 cm³/mol. The molecule has 4 rings (SSSR count). The number of alkyl carbamates (subject to hydrolysis) is 1. The Morgan fingerprint density at radius 2 is 1.93 bits per heavy atom. The van der Waals surface area contributed by atoms with E-state index >= 15 is 0 Å². The van der Waals surface area contributed by atoms with E-state index in [-0.39, 0.29) is 5.16 Å². The highest BCUT2D eigenvalue weighted by molar-refractivity contribution is 9.10. The van der Waals surface area contributed by atoms with E-state index in [0.717, 1.165) is 28.5 Å². The Kier molecular flexibility index (Phi) is 10.1. The number of ether oxygens (including phenoxy) is 2. The highest BCUT2D eigenvalue weighted by Crippen LogP contribution is 2.23. The summed E-state index contributed by atoms with van der Waals surface area (Å²) in [6.07, 6.45) is 3.29. The first-order valence-electron chi connectivity index (χ1n) is 13.7. The number of nitrogens with one attached hydrogen (secondary N) is 2. The number of carbonyl (C=O) groups is 1. The molecule has 15 heteroatoms. The summed E-state index contributed by atoms with van der Waals surface area (Å²) in [6.45, 7) is 14.2. The van der Waals surface area contributed by atoms with Gasteiger partial charge in [-0.1, -0.05) is 31.8 Å². The molecule has 1 unspecified atom stereocenters. The van der Waals surface area contributed by atoms with Gasteiger partial charge in [0, 0.05) is 27.5 Å². The zero-order valence-corrected chi connectivity index (χ0v) is 28.6. The largest absolute Gasteiger partial charge is 0.444 e. The minimum atomic E-state index is -1.38. The lowest BCUT2D eigenvalue weighted by Crippen LogP contribution is -2.33. The molecule has 1 atom stereocenters. The van der Waals surface area contributed by atoms with Crippen LogP contribution in [0.15, 0.2) is 34.0 Å². The van der Waals surface area contributed by atoms with Gasteiger partial charge in [0.25, 0.3) is 0 Å². The second-order valence-electron chi connectivity index (χ2n) is 12.1. The van der Waals surface area contributed by atoms with Gasteiger partial charge in [-0.2, -0.15) is 19.6 Å². The SMILES string of the molecule is CS(=O)c1nc(NCc2nc3c(CCNC(=O)OC(C)(C)C)cccc3n2COCC[Si](C)(C)C)n2ncc(Br)c2n1. The molecule has 0 radical (unpaired) electrons. The number of fused-ring (bicyclic) bond motifs is 2. The molecule has 2 N–H and O–H groups in total. The second kappa shape index (κ2) is 13.2. The Morgan fingerprint density at radius 1 is 1.17 bits per heavy atom. The molecule has 3 heterocycles. The van der Waals surface area contributed by atoms with Crippen LogP contribution in [0.1, 0.15) is 32.2 Å². The van der Waals surface area contributed by atoms with Crippen molar-refractivity contribution in [2.75, 3.05) is 24.7 Å². The van der Waals surface area contributed by atoms with E-state index in [4.69, 9.17) is 14.5 Å². The number of rotatable bonds is 12. The van der Waals surface area contributed by atoms with Gasteiger partial charge in [-0.15, -0.1) is 0 Å². The zero-order valence-electron chi connectivity index (χ0n) is 25.2. The fourth-order valence-electron chi connectivity index (χ4n) is 4.11. The van der Waals surface area contributed by atoms with Crippen molar-refractivity contribution in [3.8, 4) is 0 Å². The zero-order chi connectivity index (χ0) is 30.7. The average molecular weight is 680 g/mol. The summed E-state index contributed by atoms with van der Waals surface area (Å²) in [6, 6.07) is 7.07. The Hall–Kier alpha value is -2.88. The molecule has 1 amide bonds. The van der Waals surface area contributed by atoms with Crippen LogP contribution >= 0.6 is 15.9 Å². The van der Waals surface area contributed by atoms with Crippen molar-refractivity contribution in [1.29, 1.82) is 0 Å². The molecule has 0 saturated carbocycles. The van der Waals surface area contributed by atoms with Crippen LogP contribution in [-0.4, -0.2) is 72.5 Å². The summed E-state index contributed by atoms with van der Waals surface area (Å²) in [4.78, 5) is 26.0. The number of hydrogen-bond acceptors (Lipinski definition) is 9. The van der Waals surface area contributed by atoms with Crippen molar-refractivity contribution in [2.24, 2.45) is 0 Å². The summed E-state index contributed by atoms with van der Waals surface area (Å²) in [7, 11) is -2.63. The van der Waals surface area contributed by atoms with E-state index in [1.54, 1.807) is 10.7 Å². The molecule has 0 bridgehead atoms. The van der Waals surface area contributed by atoms with Crippen molar-refractivity contribution in [3.05, 3.63) is 40.3 Å². The lowest BCUT2D eigenvalue weighted by Gasteiger charge is -2.19. The van der Waals surface area contributed by atoms with Crippen molar-refractivity contribution in [3.63, 3.8) is 0 Å². The Balaban J connectivity index is 1.61. The smallest absolute Gasteiger partial charge is 0.407 e. The van der Waals surface area contributed by atoms with Crippen LogP contribution in [0.5, 0.6) is 0 Å². The first-order chi connectivity index (χ1) is 19.7. The van der Waals surface area contributed by atoms with Crippen LogP contribution in [0.2, 0.25) is 25.7 Å². The summed E-state index contributed by atoms with van der Waals surface area (Å²) in [5.74, 6) is 1.14. The van der Waals surface area contributed by atoms with Crippen molar-refractivity contribution < 1.29 is 18.5 Å². The minimum Gasteiger partial charge on any atom is -0.444 e. The topological polar surface area (TPSA) is 138 Å². The van der Waals surface area contributed by atoms with Crippen molar-refractivity contribution in [2.45, 2.75) is 76.9 Å². The number of aromatic nitrogens is 6. The van der Waals surface area contributed by atoms with Gasteiger partial charge in [-0.05, 0) is 60.8 Å². The summed E-state index contributed by atoms with van der Waals surface area (Å²) < 4.78 is 28.0. The summed E-state index contributed by atoms with van der Waals surface area (Å²) in [5, 5.41) is 10.7. The number of carbonyl (C=O) groups excluding carboxylic acids is 1. The molecule has 0 aliphatic heterocycles. The Bertz CT molecular complexity index is 1600. The van der Waals surface area contributed by atoms with Gasteiger partial charge < -0.3 is 24.7 Å². The van der Waals surface area contributed by atoms with E-state index in [1.165, 1.54) is 6.26 Å². The maximum absolute atomic E-state index is 12.2. The first-order valence-corrected chi connectivity index (χ1v) is 19.8. The first kappa shape index (κ1) is 32.0. The highest BCUT2D eigenvalue weighted by Gasteiger charge is 2.19. The summed E-state index contributed by atoms with van der Waals surface area (Å²) >= 11 is 3.45. The fraction of sp³-hybridized carbons (Fsp3) is 0.519. The van der Waals surface area contributed by atoms with Crippen LogP contribution in [0, 0.1) is 0 Å². The highest BCUT2D eigenvalue weighted by atomic mass is 79.9. The molecule has 0 aliphatic rings. The van der Waals surface area contributed by atoms with Gasteiger partial charge in [0.1, 0.15) is 18.2 Å². The third-order valence-corrected chi connectivity index (χ3v) is 9.15. The number of para-hydroxylation sites is 1. The van der Waals surface area contributed by atoms with E-state index in [2.05, 4.69) is 61.3 Å². The number of benzene rings is 1. The van der Waals surface area contributed by atoms with Crippen molar-refractivity contribution >= 4 is 63.5 Å². The van der Waals surface area contributed by atoms with Crippen molar-refractivity contribution in [1.82, 2.24) is 34.4 Å². The average Bonchev–Trinajstić information content (AvgIpc) is 3.44. The van der Waals surface area contributed by atoms with Crippen LogP contribution in [0.25, 0.3) is 16.7 Å². The standard InChI is InChI=1S/C27H39BrN8O4SSi/c1-27(2,3)40-26(37)29-12-11-18-9-8-10-20-22(18)32-21(35(20)17-39-13-14-42(5,6)7)16-30-24-34-25(41(4)38)33-23-19(28)15-31-36(23)24/h8-10,15H,11-14,16-17H2,1-7H3,(H,29,37)(H,30,33,34). The van der Waals surface area contributed by atoms with Gasteiger partial charge in [0.2, 0.25) is 11.1 Å². The second-order valence-corrected chi connectivity index (χ2v) is 19.9. The molecule has 0 saturated heterocycles. The Morgan fingerprint density at radius 3 is 2.62 bits per heavy atom. The number of halogens is 1. The van der Waals surface area contributed by atoms with E-state index in [1.807, 2.05) is 43.5 Å². The molecule has 42 heavy (non-hydrogen) atoms. The van der Waals surface area contributed by atoms with Gasteiger partial charge in [0.15, 0.2) is 5.65 Å². The number of anilines is 1. The normalized spacial score (nSPS) is 13.0. The summed E-state index contributed by atoms with van der Waals surface area (Å²) in [5.41, 5.74) is 2.71. The predicted octanol–water partition coefficient (Wildman–Crippen LogP) is 4.97. The van der Waals surface area contributed by atoms with Gasteiger partial charge >= 0.3 is 6.09 Å². The van der Waals surface area contributed by atoms with Gasteiger partial charge in [-0.25, -0.2) is 9.78 Å². The molecular formula is C27H39BrN8O4SSi. The third kappa shape index (κ3) is 8.36. The molecule has 3 aromatic heterocycles. The maximum atomic E-state index is 12.2. The third-order valence-electron chi connectivity index (χ3n) is 6.19. The van der Waals surface area contributed by atoms with E-state index < -0.39 is 30.6 Å². The van der Waals surface area contributed by atoms with Crippen LogP contribution in [-0.2, 0) is 40.0 Å². The maximum Gasteiger partial charge on any atom is 0.407 e. The van der Waals surface area contributed by atoms with Gasteiger partial charge in [-0.3, -0.25) is 4.21 Å². The monoisotopic (exact) mass is 678 g/mol. The fourth-order valence-corrected chi connectivity index (χ4v) is 5.65. The quantitative estimate of drug-likeness (QED) is 0.157. The number of imidazole rings is 1.